The molecular formula is C17H13N5O2S3. The van der Waals surface area contributed by atoms with E-state index < -0.39 is 0 Å². The van der Waals surface area contributed by atoms with Crippen LogP contribution in [-0.4, -0.2) is 25.7 Å². The van der Waals surface area contributed by atoms with Gasteiger partial charge in [0.2, 0.25) is 11.0 Å². The Labute approximate surface area is 165 Å². The number of anilines is 1. The van der Waals surface area contributed by atoms with Crippen LogP contribution in [0.1, 0.15) is 23.8 Å². The number of nitrogens with one attached hydrogen (secondary N) is 1. The van der Waals surface area contributed by atoms with Gasteiger partial charge in [-0.05, 0) is 24.3 Å². The van der Waals surface area contributed by atoms with Crippen molar-refractivity contribution in [3.63, 3.8) is 0 Å². The van der Waals surface area contributed by atoms with Gasteiger partial charge >= 0.3 is 0 Å². The standard InChI is InChI=1S/C17H13N5O2S3/c23-12(19-17-21-20-14(27-17)9-3-4-9)6-22-8-18-15-13(16(22)24)10(7-26-15)11-2-1-5-25-11/h1-2,5,7-9H,3-4,6H2,(H,19,21,23). The first kappa shape index (κ1) is 16.7. The lowest BCUT2D eigenvalue weighted by molar-refractivity contribution is -0.116. The number of rotatable bonds is 5. The molecule has 1 N–H and O–H groups in total. The van der Waals surface area contributed by atoms with Gasteiger partial charge in [0.15, 0.2) is 0 Å². The van der Waals surface area contributed by atoms with Crippen molar-refractivity contribution >= 4 is 55.3 Å². The molecule has 1 aliphatic rings. The van der Waals surface area contributed by atoms with Crippen LogP contribution in [0.2, 0.25) is 0 Å². The van der Waals surface area contributed by atoms with Gasteiger partial charge in [0.25, 0.3) is 5.56 Å². The molecule has 0 spiro atoms. The first-order valence-electron chi connectivity index (χ1n) is 8.33. The summed E-state index contributed by atoms with van der Waals surface area (Å²) in [6.07, 6.45) is 3.70. The molecule has 136 valence electrons. The lowest BCUT2D eigenvalue weighted by atomic mass is 10.2. The number of hydrogen-bond donors (Lipinski definition) is 1. The third-order valence-corrected chi connectivity index (χ3v) is 7.07. The molecule has 0 atom stereocenters. The summed E-state index contributed by atoms with van der Waals surface area (Å²) in [5.74, 6) is 0.182. The van der Waals surface area contributed by atoms with E-state index in [9.17, 15) is 9.59 Å². The van der Waals surface area contributed by atoms with E-state index in [1.807, 2.05) is 22.9 Å². The Morgan fingerprint density at radius 2 is 2.19 bits per heavy atom. The van der Waals surface area contributed by atoms with Gasteiger partial charge in [0.05, 0.1) is 11.7 Å². The van der Waals surface area contributed by atoms with Gasteiger partial charge in [0.1, 0.15) is 16.4 Å². The van der Waals surface area contributed by atoms with Crippen LogP contribution in [0.25, 0.3) is 20.7 Å². The van der Waals surface area contributed by atoms with E-state index in [1.165, 1.54) is 33.6 Å². The Balaban J connectivity index is 1.41. The fourth-order valence-electron chi connectivity index (χ4n) is 2.79. The summed E-state index contributed by atoms with van der Waals surface area (Å²) in [5.41, 5.74) is 0.659. The zero-order chi connectivity index (χ0) is 18.4. The predicted octanol–water partition coefficient (Wildman–Crippen LogP) is 3.55. The van der Waals surface area contributed by atoms with Crippen LogP contribution in [0.5, 0.6) is 0 Å². The monoisotopic (exact) mass is 415 g/mol. The number of carbonyl (C=O) groups is 1. The van der Waals surface area contributed by atoms with Crippen LogP contribution in [-0.2, 0) is 11.3 Å². The average Bonchev–Trinajstić information content (AvgIpc) is 3.06. The van der Waals surface area contributed by atoms with Gasteiger partial charge in [-0.3, -0.25) is 19.5 Å². The molecular weight excluding hydrogens is 402 g/mol. The van der Waals surface area contributed by atoms with Gasteiger partial charge in [-0.25, -0.2) is 4.98 Å². The van der Waals surface area contributed by atoms with Crippen LogP contribution >= 0.6 is 34.0 Å². The van der Waals surface area contributed by atoms with E-state index in [4.69, 9.17) is 0 Å². The van der Waals surface area contributed by atoms with Crippen molar-refractivity contribution < 1.29 is 4.79 Å². The Kier molecular flexibility index (Phi) is 4.10. The van der Waals surface area contributed by atoms with Crippen molar-refractivity contribution in [3.8, 4) is 10.4 Å². The second-order valence-corrected chi connectivity index (χ2v) is 9.07. The summed E-state index contributed by atoms with van der Waals surface area (Å²) >= 11 is 4.40. The van der Waals surface area contributed by atoms with Crippen molar-refractivity contribution in [1.29, 1.82) is 0 Å². The molecule has 5 rings (SSSR count). The van der Waals surface area contributed by atoms with Crippen LogP contribution < -0.4 is 10.9 Å². The van der Waals surface area contributed by atoms with E-state index in [0.29, 0.717) is 21.3 Å². The first-order valence-corrected chi connectivity index (χ1v) is 10.9. The minimum absolute atomic E-state index is 0.111. The van der Waals surface area contributed by atoms with Crippen LogP contribution in [0.15, 0.2) is 34.0 Å². The molecule has 0 aromatic carbocycles. The Hall–Kier alpha value is -2.43. The molecule has 4 aromatic heterocycles. The summed E-state index contributed by atoms with van der Waals surface area (Å²) in [6, 6.07) is 3.92. The highest BCUT2D eigenvalue weighted by Crippen LogP contribution is 2.42. The third-order valence-electron chi connectivity index (χ3n) is 4.27. The van der Waals surface area contributed by atoms with Crippen molar-refractivity contribution in [1.82, 2.24) is 19.7 Å². The van der Waals surface area contributed by atoms with Gasteiger partial charge in [0, 0.05) is 21.7 Å². The highest BCUT2D eigenvalue weighted by atomic mass is 32.1. The Morgan fingerprint density at radius 3 is 2.96 bits per heavy atom. The fraction of sp³-hybridized carbons (Fsp3) is 0.235. The van der Waals surface area contributed by atoms with E-state index in [0.717, 1.165) is 28.3 Å². The van der Waals surface area contributed by atoms with Crippen molar-refractivity contribution in [2.45, 2.75) is 25.3 Å². The fourth-order valence-corrected chi connectivity index (χ4v) is 5.44. The second-order valence-electron chi connectivity index (χ2n) is 6.25. The van der Waals surface area contributed by atoms with E-state index in [1.54, 1.807) is 11.3 Å². The molecule has 1 amide bonds. The van der Waals surface area contributed by atoms with Crippen LogP contribution in [0, 0.1) is 0 Å². The van der Waals surface area contributed by atoms with E-state index in [2.05, 4.69) is 20.5 Å². The minimum Gasteiger partial charge on any atom is -0.299 e. The van der Waals surface area contributed by atoms with Crippen molar-refractivity contribution in [2.75, 3.05) is 5.32 Å². The maximum absolute atomic E-state index is 12.9. The molecule has 0 radical (unpaired) electrons. The first-order chi connectivity index (χ1) is 13.2. The molecule has 0 bridgehead atoms. The van der Waals surface area contributed by atoms with Crippen molar-refractivity contribution in [2.24, 2.45) is 0 Å². The smallest absolute Gasteiger partial charge is 0.263 e. The van der Waals surface area contributed by atoms with Crippen molar-refractivity contribution in [3.05, 3.63) is 44.6 Å². The molecule has 1 saturated carbocycles. The Morgan fingerprint density at radius 1 is 1.30 bits per heavy atom. The molecule has 0 aliphatic heterocycles. The number of thiophene rings is 2. The molecule has 27 heavy (non-hydrogen) atoms. The largest absolute Gasteiger partial charge is 0.299 e. The summed E-state index contributed by atoms with van der Waals surface area (Å²) < 4.78 is 1.34. The van der Waals surface area contributed by atoms with Gasteiger partial charge < -0.3 is 0 Å². The average molecular weight is 416 g/mol. The van der Waals surface area contributed by atoms with Crippen LogP contribution in [0.3, 0.4) is 0 Å². The zero-order valence-corrected chi connectivity index (χ0v) is 16.4. The lowest BCUT2D eigenvalue weighted by Crippen LogP contribution is -2.27. The summed E-state index contributed by atoms with van der Waals surface area (Å²) in [7, 11) is 0. The molecule has 4 aromatic rings. The number of hydrogen-bond acceptors (Lipinski definition) is 8. The maximum atomic E-state index is 12.9. The van der Waals surface area contributed by atoms with E-state index >= 15 is 0 Å². The second kappa shape index (κ2) is 6.63. The molecule has 0 saturated heterocycles. The summed E-state index contributed by atoms with van der Waals surface area (Å²) in [6.45, 7) is -0.111. The minimum atomic E-state index is -0.315. The highest BCUT2D eigenvalue weighted by Gasteiger charge is 2.27. The summed E-state index contributed by atoms with van der Waals surface area (Å²) in [4.78, 5) is 31.3. The molecule has 0 unspecified atom stereocenters. The maximum Gasteiger partial charge on any atom is 0.263 e. The molecule has 7 nitrogen and oxygen atoms in total. The summed E-state index contributed by atoms with van der Waals surface area (Å²) in [5, 5.41) is 16.7. The lowest BCUT2D eigenvalue weighted by Gasteiger charge is -2.05. The number of fused-ring (bicyclic) bond motifs is 1. The highest BCUT2D eigenvalue weighted by molar-refractivity contribution is 7.18. The molecule has 1 fully saturated rings. The van der Waals surface area contributed by atoms with Gasteiger partial charge in [-0.2, -0.15) is 0 Å². The zero-order valence-electron chi connectivity index (χ0n) is 13.9. The molecule has 1 aliphatic carbocycles. The number of nitrogens with zero attached hydrogens (tertiary/aromatic N) is 4. The van der Waals surface area contributed by atoms with Crippen LogP contribution in [0.4, 0.5) is 5.13 Å². The topological polar surface area (TPSA) is 89.8 Å². The van der Waals surface area contributed by atoms with E-state index in [-0.39, 0.29) is 18.0 Å². The predicted molar refractivity (Wildman–Crippen MR) is 108 cm³/mol. The SMILES string of the molecule is O=C(Cn1cnc2scc(-c3cccs3)c2c1=O)Nc1nnc(C2CC2)s1. The Bertz CT molecular complexity index is 1190. The number of carbonyl (C=O) groups excluding carboxylic acids is 1. The molecule has 10 heteroatoms. The number of aromatic nitrogens is 4. The number of amides is 1. The van der Waals surface area contributed by atoms with Gasteiger partial charge in [-0.15, -0.1) is 32.9 Å². The quantitative estimate of drug-likeness (QED) is 0.538. The normalized spacial score (nSPS) is 13.9. The van der Waals surface area contributed by atoms with Gasteiger partial charge in [-0.1, -0.05) is 17.4 Å². The molecule has 4 heterocycles. The third kappa shape index (κ3) is 3.20.